The lowest BCUT2D eigenvalue weighted by molar-refractivity contribution is 0.433. The van der Waals surface area contributed by atoms with Gasteiger partial charge in [-0.3, -0.25) is 4.72 Å². The van der Waals surface area contributed by atoms with Crippen molar-refractivity contribution in [3.05, 3.63) is 52.0 Å². The largest absolute Gasteiger partial charge is 0.355 e. The molecule has 0 spiro atoms. The molecule has 1 N–H and O–H groups in total. The Morgan fingerprint density at radius 3 is 2.74 bits per heavy atom. The molecule has 0 aliphatic carbocycles. The van der Waals surface area contributed by atoms with Gasteiger partial charge in [0.15, 0.2) is 5.76 Å². The summed E-state index contributed by atoms with van der Waals surface area (Å²) in [7, 11) is -3.71. The summed E-state index contributed by atoms with van der Waals surface area (Å²) in [4.78, 5) is 1.60. The standard InChI is InChI=1S/C15H13ClN2O3S2/c1-9-11(16)4-3-5-12(9)18-23(19,20)15-8-14(22-10(15)2)13-6-7-17-21-13/h3-8,18H,1-2H3. The zero-order chi connectivity index (χ0) is 16.6. The van der Waals surface area contributed by atoms with Gasteiger partial charge in [-0.2, -0.15) is 0 Å². The Balaban J connectivity index is 1.99. The molecule has 0 saturated carbocycles. The van der Waals surface area contributed by atoms with Crippen LogP contribution < -0.4 is 4.72 Å². The number of aryl methyl sites for hydroxylation is 1. The van der Waals surface area contributed by atoms with Crippen molar-refractivity contribution < 1.29 is 12.9 Å². The van der Waals surface area contributed by atoms with E-state index in [1.165, 1.54) is 17.5 Å². The third-order valence-electron chi connectivity index (χ3n) is 3.35. The highest BCUT2D eigenvalue weighted by atomic mass is 35.5. The van der Waals surface area contributed by atoms with E-state index < -0.39 is 10.0 Å². The number of nitrogens with zero attached hydrogens (tertiary/aromatic N) is 1. The molecule has 8 heteroatoms. The zero-order valence-corrected chi connectivity index (χ0v) is 14.7. The van der Waals surface area contributed by atoms with Gasteiger partial charge in [-0.05, 0) is 37.6 Å². The minimum absolute atomic E-state index is 0.216. The Bertz CT molecular complexity index is 947. The van der Waals surface area contributed by atoms with Crippen molar-refractivity contribution in [2.45, 2.75) is 18.7 Å². The first-order valence-corrected chi connectivity index (χ1v) is 9.35. The van der Waals surface area contributed by atoms with Gasteiger partial charge in [-0.25, -0.2) is 8.42 Å². The number of hydrogen-bond acceptors (Lipinski definition) is 5. The van der Waals surface area contributed by atoms with Crippen LogP contribution in [0.4, 0.5) is 5.69 Å². The van der Waals surface area contributed by atoms with Gasteiger partial charge in [0, 0.05) is 16.0 Å². The van der Waals surface area contributed by atoms with E-state index in [4.69, 9.17) is 16.1 Å². The minimum atomic E-state index is -3.71. The average Bonchev–Trinajstić information content (AvgIpc) is 3.13. The molecule has 0 aliphatic rings. The van der Waals surface area contributed by atoms with Crippen LogP contribution in [0.25, 0.3) is 10.6 Å². The van der Waals surface area contributed by atoms with Crippen LogP contribution >= 0.6 is 22.9 Å². The highest BCUT2D eigenvalue weighted by Gasteiger charge is 2.22. The monoisotopic (exact) mass is 368 g/mol. The smallest absolute Gasteiger partial charge is 0.263 e. The molecule has 0 saturated heterocycles. The summed E-state index contributed by atoms with van der Waals surface area (Å²) in [6, 6.07) is 8.37. The first-order valence-electron chi connectivity index (χ1n) is 6.68. The molecule has 120 valence electrons. The van der Waals surface area contributed by atoms with Crippen molar-refractivity contribution in [2.24, 2.45) is 0 Å². The maximum absolute atomic E-state index is 12.7. The topological polar surface area (TPSA) is 72.2 Å². The molecule has 0 bridgehead atoms. The molecule has 1 aromatic carbocycles. The molecule has 0 aliphatic heterocycles. The van der Waals surface area contributed by atoms with Crippen molar-refractivity contribution in [3.63, 3.8) is 0 Å². The number of anilines is 1. The lowest BCUT2D eigenvalue weighted by Gasteiger charge is -2.11. The summed E-state index contributed by atoms with van der Waals surface area (Å²) < 4.78 is 33.0. The van der Waals surface area contributed by atoms with Gasteiger partial charge in [-0.1, -0.05) is 22.8 Å². The van der Waals surface area contributed by atoms with Gasteiger partial charge in [0.05, 0.1) is 16.8 Å². The zero-order valence-electron chi connectivity index (χ0n) is 12.3. The molecule has 0 amide bonds. The van der Waals surface area contributed by atoms with Gasteiger partial charge >= 0.3 is 0 Å². The number of rotatable bonds is 4. The number of benzene rings is 1. The Kier molecular flexibility index (Phi) is 4.18. The third kappa shape index (κ3) is 3.12. The fourth-order valence-electron chi connectivity index (χ4n) is 2.11. The lowest BCUT2D eigenvalue weighted by atomic mass is 10.2. The second kappa shape index (κ2) is 5.99. The molecule has 2 heterocycles. The van der Waals surface area contributed by atoms with Crippen LogP contribution in [-0.2, 0) is 10.0 Å². The maximum Gasteiger partial charge on any atom is 0.263 e. The minimum Gasteiger partial charge on any atom is -0.355 e. The van der Waals surface area contributed by atoms with Crippen LogP contribution in [0.2, 0.25) is 5.02 Å². The van der Waals surface area contributed by atoms with Gasteiger partial charge in [0.2, 0.25) is 0 Å². The Morgan fingerprint density at radius 2 is 2.04 bits per heavy atom. The predicted octanol–water partition coefficient (Wildman–Crippen LogP) is 4.47. The molecule has 0 radical (unpaired) electrons. The van der Waals surface area contributed by atoms with E-state index in [0.717, 1.165) is 0 Å². The fourth-order valence-corrected chi connectivity index (χ4v) is 4.96. The lowest BCUT2D eigenvalue weighted by Crippen LogP contribution is -2.14. The molecular formula is C15H13ClN2O3S2. The van der Waals surface area contributed by atoms with Crippen LogP contribution in [0.5, 0.6) is 0 Å². The van der Waals surface area contributed by atoms with Crippen LogP contribution in [-0.4, -0.2) is 13.6 Å². The molecule has 3 aromatic rings. The van der Waals surface area contributed by atoms with E-state index in [1.807, 2.05) is 0 Å². The number of hydrogen-bond donors (Lipinski definition) is 1. The summed E-state index contributed by atoms with van der Waals surface area (Å²) in [5, 5.41) is 4.15. The van der Waals surface area contributed by atoms with Crippen molar-refractivity contribution >= 4 is 38.6 Å². The van der Waals surface area contributed by atoms with Gasteiger partial charge in [0.1, 0.15) is 4.90 Å². The molecule has 3 rings (SSSR count). The van der Waals surface area contributed by atoms with Crippen LogP contribution in [0.3, 0.4) is 0 Å². The van der Waals surface area contributed by atoms with Crippen molar-refractivity contribution in [1.29, 1.82) is 0 Å². The normalized spacial score (nSPS) is 11.6. The molecule has 23 heavy (non-hydrogen) atoms. The Labute approximate surface area is 142 Å². The van der Waals surface area contributed by atoms with Crippen molar-refractivity contribution in [3.8, 4) is 10.6 Å². The maximum atomic E-state index is 12.7. The molecule has 2 aromatic heterocycles. The fraction of sp³-hybridized carbons (Fsp3) is 0.133. The van der Waals surface area contributed by atoms with E-state index in [-0.39, 0.29) is 4.90 Å². The van der Waals surface area contributed by atoms with Gasteiger partial charge in [0.25, 0.3) is 10.0 Å². The Morgan fingerprint density at radius 1 is 1.26 bits per heavy atom. The van der Waals surface area contributed by atoms with E-state index in [0.29, 0.717) is 31.8 Å². The number of halogens is 1. The van der Waals surface area contributed by atoms with E-state index in [9.17, 15) is 8.42 Å². The molecular weight excluding hydrogens is 356 g/mol. The third-order valence-corrected chi connectivity index (χ3v) is 6.45. The summed E-state index contributed by atoms with van der Waals surface area (Å²) in [5.41, 5.74) is 1.14. The number of sulfonamides is 1. The van der Waals surface area contributed by atoms with Crippen LogP contribution in [0, 0.1) is 13.8 Å². The SMILES string of the molecule is Cc1sc(-c2ccno2)cc1S(=O)(=O)Nc1cccc(Cl)c1C. The van der Waals surface area contributed by atoms with Crippen LogP contribution in [0.15, 0.2) is 45.9 Å². The predicted molar refractivity (Wildman–Crippen MR) is 91.6 cm³/mol. The summed E-state index contributed by atoms with van der Waals surface area (Å²) in [5.74, 6) is 0.540. The van der Waals surface area contributed by atoms with Gasteiger partial charge < -0.3 is 4.52 Å². The summed E-state index contributed by atoms with van der Waals surface area (Å²) in [6.45, 7) is 3.52. The molecule has 5 nitrogen and oxygen atoms in total. The second-order valence-corrected chi connectivity index (χ2v) is 8.24. The van der Waals surface area contributed by atoms with Crippen molar-refractivity contribution in [1.82, 2.24) is 5.16 Å². The first kappa shape index (κ1) is 16.0. The molecule has 0 unspecified atom stereocenters. The highest BCUT2D eigenvalue weighted by molar-refractivity contribution is 7.93. The van der Waals surface area contributed by atoms with Gasteiger partial charge in [-0.15, -0.1) is 11.3 Å². The average molecular weight is 369 g/mol. The Hall–Kier alpha value is -1.83. The van der Waals surface area contributed by atoms with Crippen LogP contribution in [0.1, 0.15) is 10.4 Å². The quantitative estimate of drug-likeness (QED) is 0.737. The van der Waals surface area contributed by atoms with E-state index in [2.05, 4.69) is 9.88 Å². The second-order valence-electron chi connectivity index (χ2n) is 4.93. The number of thiophene rings is 1. The number of aromatic nitrogens is 1. The molecule has 0 atom stereocenters. The van der Waals surface area contributed by atoms with Crippen molar-refractivity contribution in [2.75, 3.05) is 4.72 Å². The highest BCUT2D eigenvalue weighted by Crippen LogP contribution is 2.34. The first-order chi connectivity index (χ1) is 10.9. The van der Waals surface area contributed by atoms with E-state index >= 15 is 0 Å². The summed E-state index contributed by atoms with van der Waals surface area (Å²) >= 11 is 7.38. The number of nitrogens with one attached hydrogen (secondary N) is 1. The van der Waals surface area contributed by atoms with E-state index in [1.54, 1.807) is 44.2 Å². The summed E-state index contributed by atoms with van der Waals surface area (Å²) in [6.07, 6.45) is 1.52. The molecule has 0 fully saturated rings.